The predicted molar refractivity (Wildman–Crippen MR) is 91.8 cm³/mol. The van der Waals surface area contributed by atoms with Gasteiger partial charge in [-0.3, -0.25) is 4.79 Å². The third-order valence-electron chi connectivity index (χ3n) is 4.59. The summed E-state index contributed by atoms with van der Waals surface area (Å²) in [4.78, 5) is 19.3. The molecule has 0 unspecified atom stereocenters. The van der Waals surface area contributed by atoms with Gasteiger partial charge < -0.3 is 14.8 Å². The van der Waals surface area contributed by atoms with E-state index < -0.39 is 0 Å². The number of aromatic nitrogens is 4. The van der Waals surface area contributed by atoms with Crippen molar-refractivity contribution in [3.05, 3.63) is 36.0 Å². The van der Waals surface area contributed by atoms with Crippen LogP contribution in [0.2, 0.25) is 0 Å². The van der Waals surface area contributed by atoms with E-state index in [1.807, 2.05) is 20.0 Å². The van der Waals surface area contributed by atoms with E-state index in [1.54, 1.807) is 23.2 Å². The summed E-state index contributed by atoms with van der Waals surface area (Å²) < 4.78 is 1.80. The Balaban J connectivity index is 1.73. The summed E-state index contributed by atoms with van der Waals surface area (Å²) in [5, 5.41) is 10.9. The van der Waals surface area contributed by atoms with Crippen LogP contribution in [0.1, 0.15) is 55.3 Å². The monoisotopic (exact) mass is 328 g/mol. The van der Waals surface area contributed by atoms with Crippen molar-refractivity contribution in [2.45, 2.75) is 45.2 Å². The maximum absolute atomic E-state index is 12.6. The summed E-state index contributed by atoms with van der Waals surface area (Å²) in [5.74, 6) is 1.47. The Bertz CT molecular complexity index is 713. The Morgan fingerprint density at radius 2 is 2.25 bits per heavy atom. The number of pyridine rings is 1. The second kappa shape index (κ2) is 6.98. The van der Waals surface area contributed by atoms with E-state index in [1.165, 1.54) is 19.3 Å². The highest BCUT2D eigenvalue weighted by Crippen LogP contribution is 2.23. The Kier molecular flexibility index (Phi) is 4.78. The topological polar surface area (TPSA) is 75.9 Å². The molecule has 128 valence electrons. The van der Waals surface area contributed by atoms with Crippen molar-refractivity contribution in [1.82, 2.24) is 25.1 Å². The molecule has 1 aliphatic rings. The largest absolute Gasteiger partial charge is 0.354 e. The molecule has 1 amide bonds. The van der Waals surface area contributed by atoms with Crippen LogP contribution < -0.4 is 10.2 Å². The fourth-order valence-electron chi connectivity index (χ4n) is 3.18. The number of hydrogen-bond acceptors (Lipinski definition) is 5. The summed E-state index contributed by atoms with van der Waals surface area (Å²) >= 11 is 0. The van der Waals surface area contributed by atoms with E-state index in [2.05, 4.69) is 32.3 Å². The van der Waals surface area contributed by atoms with Crippen LogP contribution in [0.25, 0.3) is 0 Å². The summed E-state index contributed by atoms with van der Waals surface area (Å²) in [6.07, 6.45) is 6.93. The first kappa shape index (κ1) is 16.4. The Hall–Kier alpha value is -2.44. The maximum atomic E-state index is 12.6. The molecule has 3 rings (SSSR count). The van der Waals surface area contributed by atoms with Gasteiger partial charge in [-0.05, 0) is 45.2 Å². The van der Waals surface area contributed by atoms with Gasteiger partial charge in [0.15, 0.2) is 5.82 Å². The zero-order chi connectivity index (χ0) is 17.1. The molecule has 1 aliphatic heterocycles. The molecule has 0 aliphatic carbocycles. The van der Waals surface area contributed by atoms with E-state index in [0.717, 1.165) is 18.2 Å². The molecule has 1 saturated heterocycles. The average Bonchev–Trinajstić information content (AvgIpc) is 3.01. The van der Waals surface area contributed by atoms with Crippen molar-refractivity contribution < 1.29 is 4.79 Å². The molecule has 0 saturated carbocycles. The van der Waals surface area contributed by atoms with E-state index in [9.17, 15) is 4.79 Å². The first-order valence-electron chi connectivity index (χ1n) is 8.43. The molecule has 2 atom stereocenters. The maximum Gasteiger partial charge on any atom is 0.252 e. The smallest absolute Gasteiger partial charge is 0.252 e. The molecule has 2 aromatic heterocycles. The van der Waals surface area contributed by atoms with Crippen molar-refractivity contribution in [2.75, 3.05) is 11.4 Å². The zero-order valence-electron chi connectivity index (χ0n) is 14.4. The second-order valence-corrected chi connectivity index (χ2v) is 6.44. The summed E-state index contributed by atoms with van der Waals surface area (Å²) in [7, 11) is 1.86. The third kappa shape index (κ3) is 3.39. The van der Waals surface area contributed by atoms with Crippen LogP contribution in [0.4, 0.5) is 5.82 Å². The molecular formula is C17H24N6O. The van der Waals surface area contributed by atoms with Crippen LogP contribution >= 0.6 is 0 Å². The van der Waals surface area contributed by atoms with Crippen LogP contribution in [0.5, 0.6) is 0 Å². The lowest BCUT2D eigenvalue weighted by Gasteiger charge is -2.34. The molecule has 24 heavy (non-hydrogen) atoms. The number of hydrogen-bond donors (Lipinski definition) is 1. The van der Waals surface area contributed by atoms with Crippen molar-refractivity contribution in [1.29, 1.82) is 0 Å². The van der Waals surface area contributed by atoms with Crippen molar-refractivity contribution >= 4 is 11.7 Å². The highest BCUT2D eigenvalue weighted by molar-refractivity contribution is 5.95. The lowest BCUT2D eigenvalue weighted by molar-refractivity contribution is 0.0937. The normalized spacial score (nSPS) is 19.1. The number of rotatable bonds is 4. The van der Waals surface area contributed by atoms with Gasteiger partial charge in [-0.15, -0.1) is 10.2 Å². The third-order valence-corrected chi connectivity index (χ3v) is 4.59. The molecule has 0 aromatic carbocycles. The molecule has 1 fully saturated rings. The van der Waals surface area contributed by atoms with E-state index >= 15 is 0 Å². The molecule has 2 aromatic rings. The Labute approximate surface area is 142 Å². The van der Waals surface area contributed by atoms with Crippen LogP contribution in [0, 0.1) is 0 Å². The fourth-order valence-corrected chi connectivity index (χ4v) is 3.18. The van der Waals surface area contributed by atoms with Crippen molar-refractivity contribution in [3.8, 4) is 0 Å². The van der Waals surface area contributed by atoms with Gasteiger partial charge in [0.25, 0.3) is 5.91 Å². The average molecular weight is 328 g/mol. The Morgan fingerprint density at radius 3 is 2.96 bits per heavy atom. The summed E-state index contributed by atoms with van der Waals surface area (Å²) in [6.45, 7) is 5.11. The van der Waals surface area contributed by atoms with E-state index in [4.69, 9.17) is 0 Å². The van der Waals surface area contributed by atoms with Gasteiger partial charge in [0.05, 0.1) is 6.04 Å². The van der Waals surface area contributed by atoms with Crippen molar-refractivity contribution in [3.63, 3.8) is 0 Å². The molecule has 7 nitrogen and oxygen atoms in total. The minimum Gasteiger partial charge on any atom is -0.354 e. The number of aryl methyl sites for hydroxylation is 1. The first-order valence-corrected chi connectivity index (χ1v) is 8.43. The van der Waals surface area contributed by atoms with Gasteiger partial charge in [-0.25, -0.2) is 4.98 Å². The first-order chi connectivity index (χ1) is 11.6. The quantitative estimate of drug-likeness (QED) is 0.930. The number of amides is 1. The highest BCUT2D eigenvalue weighted by atomic mass is 16.1. The zero-order valence-corrected chi connectivity index (χ0v) is 14.4. The lowest BCUT2D eigenvalue weighted by atomic mass is 10.0. The second-order valence-electron chi connectivity index (χ2n) is 6.44. The molecular weight excluding hydrogens is 304 g/mol. The minimum atomic E-state index is -0.212. The van der Waals surface area contributed by atoms with Crippen LogP contribution in [-0.4, -0.2) is 38.2 Å². The van der Waals surface area contributed by atoms with Gasteiger partial charge in [0, 0.05) is 31.4 Å². The van der Waals surface area contributed by atoms with Crippen LogP contribution in [0.3, 0.4) is 0 Å². The molecule has 0 radical (unpaired) electrons. The van der Waals surface area contributed by atoms with E-state index in [0.29, 0.717) is 11.6 Å². The SMILES string of the molecule is C[C@H](NC(=O)c1ccnc(N2CCCC[C@@H]2C)c1)c1nncn1C. The van der Waals surface area contributed by atoms with Gasteiger partial charge in [0.2, 0.25) is 0 Å². The number of anilines is 1. The van der Waals surface area contributed by atoms with Crippen molar-refractivity contribution in [2.24, 2.45) is 7.05 Å². The number of nitrogens with zero attached hydrogens (tertiary/aromatic N) is 5. The molecule has 3 heterocycles. The minimum absolute atomic E-state index is 0.126. The van der Waals surface area contributed by atoms with Gasteiger partial charge in [-0.1, -0.05) is 0 Å². The van der Waals surface area contributed by atoms with E-state index in [-0.39, 0.29) is 11.9 Å². The number of carbonyl (C=O) groups is 1. The lowest BCUT2D eigenvalue weighted by Crippen LogP contribution is -2.38. The van der Waals surface area contributed by atoms with Gasteiger partial charge in [0.1, 0.15) is 12.1 Å². The van der Waals surface area contributed by atoms with Gasteiger partial charge >= 0.3 is 0 Å². The van der Waals surface area contributed by atoms with Crippen LogP contribution in [0.15, 0.2) is 24.7 Å². The summed E-state index contributed by atoms with van der Waals surface area (Å²) in [6, 6.07) is 3.87. The number of carbonyl (C=O) groups excluding carboxylic acids is 1. The van der Waals surface area contributed by atoms with Crippen LogP contribution in [-0.2, 0) is 7.05 Å². The molecule has 0 bridgehead atoms. The molecule has 1 N–H and O–H groups in total. The molecule has 0 spiro atoms. The predicted octanol–water partition coefficient (Wildman–Crippen LogP) is 2.08. The number of piperidine rings is 1. The standard InChI is InChI=1S/C17H24N6O/c1-12-6-4-5-9-23(12)15-10-14(7-8-18-15)17(24)20-13(2)16-21-19-11-22(16)3/h7-8,10-13H,4-6,9H2,1-3H3,(H,20,24)/t12-,13-/m0/s1. The Morgan fingerprint density at radius 1 is 1.42 bits per heavy atom. The number of nitrogens with one attached hydrogen (secondary N) is 1. The fraction of sp³-hybridized carbons (Fsp3) is 0.529. The summed E-state index contributed by atoms with van der Waals surface area (Å²) in [5.41, 5.74) is 0.617. The van der Waals surface area contributed by atoms with Gasteiger partial charge in [-0.2, -0.15) is 0 Å². The highest BCUT2D eigenvalue weighted by Gasteiger charge is 2.21. The molecule has 7 heteroatoms.